The molecule has 0 aromatic carbocycles. The fourth-order valence-electron chi connectivity index (χ4n) is 1.16. The topological polar surface area (TPSA) is 65.9 Å². The number of nitriles is 1. The van der Waals surface area contributed by atoms with Crippen molar-refractivity contribution in [3.05, 3.63) is 27.5 Å². The number of hydrogen-bond acceptors (Lipinski definition) is 3. The van der Waals surface area contributed by atoms with E-state index in [4.69, 9.17) is 5.26 Å². The highest BCUT2D eigenvalue weighted by molar-refractivity contribution is 5.32. The molecule has 0 saturated carbocycles. The lowest BCUT2D eigenvalue weighted by Gasteiger charge is -2.12. The SMILES string of the molecule is N#CCc1cc(C(F)F)c(=O)[nH]c1OC(F)(F)F. The van der Waals surface area contributed by atoms with Gasteiger partial charge in [-0.2, -0.15) is 5.26 Å². The van der Waals surface area contributed by atoms with Gasteiger partial charge in [-0.25, -0.2) is 8.78 Å². The third-order valence-corrected chi connectivity index (χ3v) is 1.83. The minimum Gasteiger partial charge on any atom is -0.389 e. The van der Waals surface area contributed by atoms with Crippen molar-refractivity contribution in [2.24, 2.45) is 0 Å². The van der Waals surface area contributed by atoms with Crippen molar-refractivity contribution < 1.29 is 26.7 Å². The van der Waals surface area contributed by atoms with E-state index < -0.39 is 41.8 Å². The number of hydrogen-bond donors (Lipinski definition) is 1. The van der Waals surface area contributed by atoms with Gasteiger partial charge in [-0.1, -0.05) is 0 Å². The molecule has 0 fully saturated rings. The van der Waals surface area contributed by atoms with Crippen LogP contribution in [0, 0.1) is 11.3 Å². The Labute approximate surface area is 96.6 Å². The van der Waals surface area contributed by atoms with Crippen LogP contribution in [0.1, 0.15) is 17.6 Å². The molecule has 0 unspecified atom stereocenters. The van der Waals surface area contributed by atoms with Gasteiger partial charge in [-0.05, 0) is 6.07 Å². The Balaban J connectivity index is 3.30. The standard InChI is InChI=1S/C9H5F5N2O2/c10-6(11)5-3-4(1-2-15)8(16-7(5)17)18-9(12,13)14/h3,6H,1H2,(H,16,17). The maximum atomic E-state index is 12.4. The number of nitrogens with one attached hydrogen (secondary N) is 1. The van der Waals surface area contributed by atoms with Crippen LogP contribution in [0.5, 0.6) is 5.88 Å². The van der Waals surface area contributed by atoms with Gasteiger partial charge in [0, 0.05) is 5.56 Å². The molecular weight excluding hydrogens is 263 g/mol. The van der Waals surface area contributed by atoms with E-state index in [1.165, 1.54) is 11.1 Å². The molecule has 1 N–H and O–H groups in total. The summed E-state index contributed by atoms with van der Waals surface area (Å²) in [5.41, 5.74) is -2.88. The Morgan fingerprint density at radius 3 is 2.50 bits per heavy atom. The number of halogens is 5. The van der Waals surface area contributed by atoms with Crippen molar-refractivity contribution in [2.45, 2.75) is 19.2 Å². The van der Waals surface area contributed by atoms with Crippen LogP contribution in [0.3, 0.4) is 0 Å². The molecule has 0 amide bonds. The molecule has 1 rings (SSSR count). The predicted molar refractivity (Wildman–Crippen MR) is 48.0 cm³/mol. The summed E-state index contributed by atoms with van der Waals surface area (Å²) in [5, 5.41) is 8.37. The number of ether oxygens (including phenoxy) is 1. The summed E-state index contributed by atoms with van der Waals surface area (Å²) < 4.78 is 64.1. The van der Waals surface area contributed by atoms with Gasteiger partial charge in [0.2, 0.25) is 5.88 Å². The minimum atomic E-state index is -5.10. The van der Waals surface area contributed by atoms with Crippen molar-refractivity contribution >= 4 is 0 Å². The first-order valence-electron chi connectivity index (χ1n) is 4.41. The second kappa shape index (κ2) is 5.03. The number of aromatic amines is 1. The Kier molecular flexibility index (Phi) is 3.90. The van der Waals surface area contributed by atoms with Crippen LogP contribution in [0.4, 0.5) is 22.0 Å². The van der Waals surface area contributed by atoms with Gasteiger partial charge in [-0.3, -0.25) is 9.78 Å². The largest absolute Gasteiger partial charge is 0.574 e. The highest BCUT2D eigenvalue weighted by Gasteiger charge is 2.33. The zero-order valence-corrected chi connectivity index (χ0v) is 8.52. The van der Waals surface area contributed by atoms with Gasteiger partial charge >= 0.3 is 6.36 Å². The van der Waals surface area contributed by atoms with Crippen LogP contribution in [-0.2, 0) is 6.42 Å². The molecule has 18 heavy (non-hydrogen) atoms. The zero-order valence-electron chi connectivity index (χ0n) is 8.52. The Morgan fingerprint density at radius 2 is 2.06 bits per heavy atom. The first-order valence-corrected chi connectivity index (χ1v) is 4.41. The highest BCUT2D eigenvalue weighted by Crippen LogP contribution is 2.26. The van der Waals surface area contributed by atoms with E-state index in [0.29, 0.717) is 6.07 Å². The van der Waals surface area contributed by atoms with E-state index in [0.717, 1.165) is 0 Å². The second-order valence-corrected chi connectivity index (χ2v) is 3.09. The van der Waals surface area contributed by atoms with Crippen molar-refractivity contribution in [3.63, 3.8) is 0 Å². The number of aromatic nitrogens is 1. The van der Waals surface area contributed by atoms with Gasteiger partial charge in [0.1, 0.15) is 0 Å². The molecule has 0 atom stereocenters. The molecule has 1 aromatic rings. The number of pyridine rings is 1. The summed E-state index contributed by atoms with van der Waals surface area (Å²) in [4.78, 5) is 12.6. The molecule has 0 aliphatic carbocycles. The zero-order chi connectivity index (χ0) is 13.9. The third-order valence-electron chi connectivity index (χ3n) is 1.83. The molecule has 0 aliphatic heterocycles. The van der Waals surface area contributed by atoms with Gasteiger partial charge < -0.3 is 4.74 Å². The van der Waals surface area contributed by atoms with Crippen LogP contribution in [0.2, 0.25) is 0 Å². The Bertz CT molecular complexity index is 529. The molecule has 0 bridgehead atoms. The average Bonchev–Trinajstić information content (AvgIpc) is 2.19. The van der Waals surface area contributed by atoms with Crippen LogP contribution < -0.4 is 10.3 Å². The van der Waals surface area contributed by atoms with E-state index in [2.05, 4.69) is 4.74 Å². The van der Waals surface area contributed by atoms with Crippen LogP contribution in [0.25, 0.3) is 0 Å². The van der Waals surface area contributed by atoms with E-state index in [1.807, 2.05) is 0 Å². The molecule has 98 valence electrons. The predicted octanol–water partition coefficient (Wildman–Crippen LogP) is 2.28. The summed E-state index contributed by atoms with van der Waals surface area (Å²) in [6.45, 7) is 0. The smallest absolute Gasteiger partial charge is 0.389 e. The lowest BCUT2D eigenvalue weighted by molar-refractivity contribution is -0.276. The molecule has 0 aliphatic rings. The minimum absolute atomic E-state index is 0.468. The van der Waals surface area contributed by atoms with Crippen molar-refractivity contribution in [2.75, 3.05) is 0 Å². The van der Waals surface area contributed by atoms with E-state index in [9.17, 15) is 26.7 Å². The number of nitrogens with zero attached hydrogens (tertiary/aromatic N) is 1. The lowest BCUT2D eigenvalue weighted by Crippen LogP contribution is -2.23. The molecule has 4 nitrogen and oxygen atoms in total. The number of rotatable bonds is 3. The van der Waals surface area contributed by atoms with Crippen LogP contribution in [-0.4, -0.2) is 11.3 Å². The van der Waals surface area contributed by atoms with Crippen molar-refractivity contribution in [1.29, 1.82) is 5.26 Å². The Morgan fingerprint density at radius 1 is 1.44 bits per heavy atom. The Hall–Kier alpha value is -2.11. The summed E-state index contributed by atoms with van der Waals surface area (Å²) >= 11 is 0. The van der Waals surface area contributed by atoms with Gasteiger partial charge in [0.05, 0.1) is 18.1 Å². The number of alkyl halides is 5. The third kappa shape index (κ3) is 3.44. The van der Waals surface area contributed by atoms with E-state index in [-0.39, 0.29) is 0 Å². The summed E-state index contributed by atoms with van der Waals surface area (Å²) in [6, 6.07) is 2.00. The molecule has 0 radical (unpaired) electrons. The van der Waals surface area contributed by atoms with E-state index >= 15 is 0 Å². The molecule has 9 heteroatoms. The monoisotopic (exact) mass is 268 g/mol. The lowest BCUT2D eigenvalue weighted by atomic mass is 10.1. The van der Waals surface area contributed by atoms with Gasteiger partial charge in [0.15, 0.2) is 0 Å². The van der Waals surface area contributed by atoms with Crippen LogP contribution >= 0.6 is 0 Å². The quantitative estimate of drug-likeness (QED) is 0.855. The molecule has 0 saturated heterocycles. The normalized spacial score (nSPS) is 11.4. The second-order valence-electron chi connectivity index (χ2n) is 3.09. The number of H-pyrrole nitrogens is 1. The maximum Gasteiger partial charge on any atom is 0.574 e. The maximum absolute atomic E-state index is 12.4. The van der Waals surface area contributed by atoms with Gasteiger partial charge in [-0.15, -0.1) is 13.2 Å². The first-order chi connectivity index (χ1) is 8.24. The highest BCUT2D eigenvalue weighted by atomic mass is 19.4. The van der Waals surface area contributed by atoms with Crippen molar-refractivity contribution in [1.82, 2.24) is 4.98 Å². The van der Waals surface area contributed by atoms with Gasteiger partial charge in [0.25, 0.3) is 12.0 Å². The summed E-state index contributed by atoms with van der Waals surface area (Å²) in [5.74, 6) is -1.06. The molecule has 0 spiro atoms. The first kappa shape index (κ1) is 14.0. The van der Waals surface area contributed by atoms with E-state index in [1.54, 1.807) is 0 Å². The summed E-state index contributed by atoms with van der Waals surface area (Å²) in [6.07, 6.45) is -8.87. The fourth-order valence-corrected chi connectivity index (χ4v) is 1.16. The average molecular weight is 268 g/mol. The molecular formula is C9H5F5N2O2. The fraction of sp³-hybridized carbons (Fsp3) is 0.333. The van der Waals surface area contributed by atoms with Crippen molar-refractivity contribution in [3.8, 4) is 11.9 Å². The van der Waals surface area contributed by atoms with Crippen LogP contribution in [0.15, 0.2) is 10.9 Å². The summed E-state index contributed by atoms with van der Waals surface area (Å²) in [7, 11) is 0. The molecule has 1 heterocycles. The molecule has 1 aromatic heterocycles.